The van der Waals surface area contributed by atoms with E-state index in [1.165, 1.54) is 5.56 Å². The molecule has 122 valence electrons. The van der Waals surface area contributed by atoms with Gasteiger partial charge in [-0.25, -0.2) is 0 Å². The first-order valence-electron chi connectivity index (χ1n) is 6.95. The zero-order chi connectivity index (χ0) is 15.2. The molecule has 0 fully saturated rings. The van der Waals surface area contributed by atoms with Gasteiger partial charge in [-0.05, 0) is 17.0 Å². The second-order valence-electron chi connectivity index (χ2n) is 6.08. The third-order valence-corrected chi connectivity index (χ3v) is 3.28. The Bertz CT molecular complexity index is 437. The molecule has 0 aliphatic rings. The minimum Gasteiger partial charge on any atom is -0.379 e. The summed E-state index contributed by atoms with van der Waals surface area (Å²) in [6.45, 7) is 8.00. The van der Waals surface area contributed by atoms with Crippen LogP contribution < -0.4 is 10.6 Å². The van der Waals surface area contributed by atoms with Gasteiger partial charge in [0.15, 0.2) is 5.96 Å². The fourth-order valence-electron chi connectivity index (χ4n) is 2.00. The average Bonchev–Trinajstić information content (AvgIpc) is 2.78. The van der Waals surface area contributed by atoms with Gasteiger partial charge in [-0.2, -0.15) is 0 Å². The van der Waals surface area contributed by atoms with Crippen LogP contribution in [-0.4, -0.2) is 37.3 Å². The summed E-state index contributed by atoms with van der Waals surface area (Å²) in [5.41, 5.74) is 1.33. The lowest BCUT2D eigenvalue weighted by molar-refractivity contribution is 0.0205. The van der Waals surface area contributed by atoms with Crippen molar-refractivity contribution in [3.63, 3.8) is 0 Å². The lowest BCUT2D eigenvalue weighted by Crippen LogP contribution is -2.45. The van der Waals surface area contributed by atoms with Gasteiger partial charge in [0.2, 0.25) is 0 Å². The van der Waals surface area contributed by atoms with Gasteiger partial charge in [0.05, 0.1) is 6.10 Å². The summed E-state index contributed by atoms with van der Waals surface area (Å²) in [7, 11) is 5.54. The number of halogens is 1. The van der Waals surface area contributed by atoms with Crippen molar-refractivity contribution in [3.8, 4) is 0 Å². The van der Waals surface area contributed by atoms with E-state index in [0.717, 1.165) is 19.0 Å². The molecule has 0 saturated carbocycles. The van der Waals surface area contributed by atoms with Crippen LogP contribution in [0.2, 0.25) is 0 Å². The van der Waals surface area contributed by atoms with Crippen molar-refractivity contribution in [1.82, 2.24) is 15.2 Å². The Morgan fingerprint density at radius 1 is 1.38 bits per heavy atom. The van der Waals surface area contributed by atoms with Crippen LogP contribution in [0.4, 0.5) is 0 Å². The van der Waals surface area contributed by atoms with Crippen LogP contribution in [0.1, 0.15) is 26.3 Å². The third kappa shape index (κ3) is 7.17. The highest BCUT2D eigenvalue weighted by Crippen LogP contribution is 2.20. The van der Waals surface area contributed by atoms with Crippen molar-refractivity contribution >= 4 is 29.9 Å². The topological polar surface area (TPSA) is 50.6 Å². The molecule has 1 aromatic heterocycles. The minimum absolute atomic E-state index is 0. The number of methoxy groups -OCH3 is 1. The van der Waals surface area contributed by atoms with Crippen molar-refractivity contribution in [3.05, 3.63) is 24.0 Å². The number of guanidine groups is 1. The smallest absolute Gasteiger partial charge is 0.191 e. The van der Waals surface area contributed by atoms with Crippen LogP contribution in [-0.2, 0) is 18.3 Å². The fourth-order valence-corrected chi connectivity index (χ4v) is 2.00. The second kappa shape index (κ2) is 9.30. The Morgan fingerprint density at radius 2 is 2.05 bits per heavy atom. The van der Waals surface area contributed by atoms with E-state index in [4.69, 9.17) is 4.74 Å². The molecule has 0 bridgehead atoms. The predicted molar refractivity (Wildman–Crippen MR) is 99.3 cm³/mol. The van der Waals surface area contributed by atoms with Crippen LogP contribution in [0.25, 0.3) is 0 Å². The van der Waals surface area contributed by atoms with Crippen LogP contribution in [0, 0.1) is 5.41 Å². The first kappa shape index (κ1) is 20.2. The van der Waals surface area contributed by atoms with Crippen molar-refractivity contribution in [2.75, 3.05) is 20.7 Å². The predicted octanol–water partition coefficient (Wildman–Crippen LogP) is 2.37. The molecular formula is C15H29IN4O. The van der Waals surface area contributed by atoms with Gasteiger partial charge in [-0.3, -0.25) is 4.99 Å². The molecule has 0 aliphatic heterocycles. The van der Waals surface area contributed by atoms with Gasteiger partial charge in [-0.15, -0.1) is 24.0 Å². The summed E-state index contributed by atoms with van der Waals surface area (Å²) >= 11 is 0. The molecule has 0 aliphatic carbocycles. The van der Waals surface area contributed by atoms with Gasteiger partial charge in [-0.1, -0.05) is 20.8 Å². The summed E-state index contributed by atoms with van der Waals surface area (Å²) in [6.07, 6.45) is 4.26. The monoisotopic (exact) mass is 408 g/mol. The van der Waals surface area contributed by atoms with Crippen molar-refractivity contribution < 1.29 is 4.74 Å². The molecule has 0 spiro atoms. The Balaban J connectivity index is 0.00000400. The summed E-state index contributed by atoms with van der Waals surface area (Å²) in [6, 6.07) is 2.09. The Labute approximate surface area is 145 Å². The van der Waals surface area contributed by atoms with Gasteiger partial charge >= 0.3 is 0 Å². The number of hydrogen-bond donors (Lipinski definition) is 2. The molecule has 1 aromatic rings. The van der Waals surface area contributed by atoms with Crippen LogP contribution in [0.15, 0.2) is 23.5 Å². The molecule has 1 rings (SSSR count). The molecule has 0 saturated heterocycles. The largest absolute Gasteiger partial charge is 0.379 e. The highest BCUT2D eigenvalue weighted by molar-refractivity contribution is 14.0. The van der Waals surface area contributed by atoms with E-state index in [2.05, 4.69) is 48.7 Å². The third-order valence-electron chi connectivity index (χ3n) is 3.28. The SMILES string of the molecule is CN=C(NCc1ccn(C)c1)NCC(OC)C(C)(C)C.I. The highest BCUT2D eigenvalue weighted by Gasteiger charge is 2.24. The Hall–Kier alpha value is -0.760. The highest BCUT2D eigenvalue weighted by atomic mass is 127. The molecule has 6 heteroatoms. The van der Waals surface area contributed by atoms with Gasteiger partial charge in [0.25, 0.3) is 0 Å². The number of hydrogen-bond acceptors (Lipinski definition) is 2. The van der Waals surface area contributed by atoms with E-state index in [-0.39, 0.29) is 35.5 Å². The van der Waals surface area contributed by atoms with Crippen LogP contribution >= 0.6 is 24.0 Å². The van der Waals surface area contributed by atoms with E-state index >= 15 is 0 Å². The maximum absolute atomic E-state index is 5.53. The first-order valence-corrected chi connectivity index (χ1v) is 6.95. The molecule has 0 aromatic carbocycles. The van der Waals surface area contributed by atoms with E-state index < -0.39 is 0 Å². The Morgan fingerprint density at radius 3 is 2.48 bits per heavy atom. The van der Waals surface area contributed by atoms with E-state index in [0.29, 0.717) is 0 Å². The molecule has 1 atom stereocenters. The maximum Gasteiger partial charge on any atom is 0.191 e. The van der Waals surface area contributed by atoms with E-state index in [9.17, 15) is 0 Å². The first-order chi connectivity index (χ1) is 9.36. The maximum atomic E-state index is 5.53. The molecule has 21 heavy (non-hydrogen) atoms. The zero-order valence-electron chi connectivity index (χ0n) is 13.9. The summed E-state index contributed by atoms with van der Waals surface area (Å²) in [5, 5.41) is 6.61. The second-order valence-corrected chi connectivity index (χ2v) is 6.08. The zero-order valence-corrected chi connectivity index (χ0v) is 16.3. The molecular weight excluding hydrogens is 379 g/mol. The lowest BCUT2D eigenvalue weighted by atomic mass is 9.89. The number of ether oxygens (including phenoxy) is 1. The molecule has 2 N–H and O–H groups in total. The normalized spacial score (nSPS) is 13.5. The Kier molecular flexibility index (Phi) is 8.96. The molecule has 1 unspecified atom stereocenters. The van der Waals surface area contributed by atoms with Crippen molar-refractivity contribution in [2.24, 2.45) is 17.5 Å². The van der Waals surface area contributed by atoms with Crippen molar-refractivity contribution in [1.29, 1.82) is 0 Å². The van der Waals surface area contributed by atoms with Gasteiger partial charge < -0.3 is 19.9 Å². The fraction of sp³-hybridized carbons (Fsp3) is 0.667. The number of nitrogens with zero attached hydrogens (tertiary/aromatic N) is 2. The summed E-state index contributed by atoms with van der Waals surface area (Å²) in [4.78, 5) is 4.23. The molecule has 0 amide bonds. The number of aliphatic imine (C=N–C) groups is 1. The molecule has 1 heterocycles. The lowest BCUT2D eigenvalue weighted by Gasteiger charge is -2.30. The standard InChI is InChI=1S/C15H28N4O.HI/c1-15(2,3)13(20-6)10-18-14(16-4)17-9-12-7-8-19(5)11-12;/h7-8,11,13H,9-10H2,1-6H3,(H2,16,17,18);1H. The van der Waals surface area contributed by atoms with E-state index in [1.54, 1.807) is 14.2 Å². The quantitative estimate of drug-likeness (QED) is 0.447. The summed E-state index contributed by atoms with van der Waals surface area (Å²) < 4.78 is 7.56. The number of rotatable bonds is 5. The molecule has 5 nitrogen and oxygen atoms in total. The average molecular weight is 408 g/mol. The summed E-state index contributed by atoms with van der Waals surface area (Å²) in [5.74, 6) is 0.792. The number of aromatic nitrogens is 1. The minimum atomic E-state index is 0. The number of nitrogens with one attached hydrogen (secondary N) is 2. The van der Waals surface area contributed by atoms with Crippen LogP contribution in [0.5, 0.6) is 0 Å². The van der Waals surface area contributed by atoms with Gasteiger partial charge in [0.1, 0.15) is 0 Å². The molecule has 0 radical (unpaired) electrons. The van der Waals surface area contributed by atoms with Crippen LogP contribution in [0.3, 0.4) is 0 Å². The van der Waals surface area contributed by atoms with Crippen molar-refractivity contribution in [2.45, 2.75) is 33.4 Å². The van der Waals surface area contributed by atoms with E-state index in [1.807, 2.05) is 17.8 Å². The number of aryl methyl sites for hydroxylation is 1. The van der Waals surface area contributed by atoms with Gasteiger partial charge in [0, 0.05) is 46.7 Å².